The van der Waals surface area contributed by atoms with Crippen LogP contribution in [0.1, 0.15) is 58.7 Å². The van der Waals surface area contributed by atoms with E-state index in [1.54, 1.807) is 30.3 Å². The number of carboxylic acids is 1. The fraction of sp³-hybridized carbons (Fsp3) is 0.318. The van der Waals surface area contributed by atoms with Crippen LogP contribution in [0.5, 0.6) is 0 Å². The third-order valence-corrected chi connectivity index (χ3v) is 4.40. The molecule has 2 atom stereocenters. The van der Waals surface area contributed by atoms with Gasteiger partial charge in [0.1, 0.15) is 12.4 Å². The van der Waals surface area contributed by atoms with E-state index in [0.29, 0.717) is 5.56 Å². The summed E-state index contributed by atoms with van der Waals surface area (Å²) in [6.45, 7) is 5.86. The molecule has 1 unspecified atom stereocenters. The molecule has 6 heteroatoms. The van der Waals surface area contributed by atoms with E-state index in [-0.39, 0.29) is 30.0 Å². The van der Waals surface area contributed by atoms with Crippen molar-refractivity contribution < 1.29 is 24.2 Å². The van der Waals surface area contributed by atoms with Crippen LogP contribution in [-0.2, 0) is 16.1 Å². The Kier molecular flexibility index (Phi) is 7.46. The molecule has 0 saturated heterocycles. The van der Waals surface area contributed by atoms with Crippen molar-refractivity contribution in [3.8, 4) is 0 Å². The molecule has 0 aliphatic rings. The van der Waals surface area contributed by atoms with Gasteiger partial charge in [-0.15, -0.1) is 0 Å². The van der Waals surface area contributed by atoms with Crippen molar-refractivity contribution in [3.63, 3.8) is 0 Å². The number of carboxylic acid groups (broad SMARTS) is 1. The zero-order valence-corrected chi connectivity index (χ0v) is 16.2. The van der Waals surface area contributed by atoms with Gasteiger partial charge in [-0.05, 0) is 42.2 Å². The van der Waals surface area contributed by atoms with Crippen molar-refractivity contribution in [1.82, 2.24) is 5.32 Å². The molecular weight excluding hydrogens is 358 g/mol. The lowest BCUT2D eigenvalue weighted by Crippen LogP contribution is -2.40. The van der Waals surface area contributed by atoms with Gasteiger partial charge in [0.05, 0.1) is 18.2 Å². The van der Waals surface area contributed by atoms with Gasteiger partial charge < -0.3 is 15.2 Å². The number of nitrogens with one attached hydrogen (secondary N) is 1. The maximum absolute atomic E-state index is 12.7. The summed E-state index contributed by atoms with van der Waals surface area (Å²) < 4.78 is 5.83. The number of hydrogen-bond acceptors (Lipinski definition) is 4. The van der Waals surface area contributed by atoms with Gasteiger partial charge in [-0.3, -0.25) is 9.59 Å². The first-order chi connectivity index (χ1) is 13.3. The van der Waals surface area contributed by atoms with Gasteiger partial charge in [-0.25, -0.2) is 4.79 Å². The van der Waals surface area contributed by atoms with E-state index in [1.165, 1.54) is 12.1 Å². The Balaban J connectivity index is 2.01. The van der Waals surface area contributed by atoms with Crippen LogP contribution in [0, 0.1) is 5.92 Å². The fourth-order valence-electron chi connectivity index (χ4n) is 2.81. The molecule has 2 aromatic carbocycles. The van der Waals surface area contributed by atoms with Crippen LogP contribution < -0.4 is 5.32 Å². The molecule has 2 rings (SSSR count). The minimum absolute atomic E-state index is 0.0455. The highest BCUT2D eigenvalue weighted by Crippen LogP contribution is 2.17. The zero-order valence-electron chi connectivity index (χ0n) is 16.2. The van der Waals surface area contributed by atoms with E-state index < -0.39 is 12.1 Å². The number of hydrogen-bond donors (Lipinski definition) is 2. The predicted molar refractivity (Wildman–Crippen MR) is 105 cm³/mol. The Hall–Kier alpha value is -2.99. The van der Waals surface area contributed by atoms with Crippen LogP contribution in [0.25, 0.3) is 0 Å². The lowest BCUT2D eigenvalue weighted by molar-refractivity contribution is -0.137. The fourth-order valence-corrected chi connectivity index (χ4v) is 2.81. The van der Waals surface area contributed by atoms with Crippen LogP contribution in [-0.4, -0.2) is 29.4 Å². The number of carbonyl (C=O) groups excluding carboxylic acids is 2. The van der Waals surface area contributed by atoms with Gasteiger partial charge in [-0.2, -0.15) is 0 Å². The monoisotopic (exact) mass is 383 g/mol. The Morgan fingerprint density at radius 3 is 2.36 bits per heavy atom. The summed E-state index contributed by atoms with van der Waals surface area (Å²) in [6.07, 6.45) is 0.119. The lowest BCUT2D eigenvalue weighted by atomic mass is 10.0. The van der Waals surface area contributed by atoms with Crippen LogP contribution in [0.4, 0.5) is 0 Å². The first-order valence-electron chi connectivity index (χ1n) is 9.11. The van der Waals surface area contributed by atoms with Crippen molar-refractivity contribution in [3.05, 3.63) is 70.8 Å². The number of aromatic carboxylic acids is 1. The van der Waals surface area contributed by atoms with Crippen molar-refractivity contribution in [2.45, 2.75) is 39.5 Å². The SMILES string of the molecule is CC(C)C(OCc1cccc(C=O)c1)C(=O)N[C@@H](C)c1ccc(C(=O)O)cc1. The molecule has 0 heterocycles. The molecule has 0 saturated carbocycles. The van der Waals surface area contributed by atoms with E-state index >= 15 is 0 Å². The summed E-state index contributed by atoms with van der Waals surface area (Å²) in [5.74, 6) is -1.28. The molecule has 6 nitrogen and oxygen atoms in total. The summed E-state index contributed by atoms with van der Waals surface area (Å²) in [5.41, 5.74) is 2.38. The highest BCUT2D eigenvalue weighted by Gasteiger charge is 2.24. The van der Waals surface area contributed by atoms with E-state index in [2.05, 4.69) is 5.32 Å². The number of amides is 1. The predicted octanol–water partition coefficient (Wildman–Crippen LogP) is 3.62. The second kappa shape index (κ2) is 9.80. The maximum Gasteiger partial charge on any atom is 0.335 e. The van der Waals surface area contributed by atoms with E-state index in [9.17, 15) is 14.4 Å². The molecule has 0 spiro atoms. The molecule has 0 radical (unpaired) electrons. The van der Waals surface area contributed by atoms with Gasteiger partial charge in [0, 0.05) is 5.56 Å². The van der Waals surface area contributed by atoms with Crippen LogP contribution >= 0.6 is 0 Å². The Labute approximate surface area is 164 Å². The largest absolute Gasteiger partial charge is 0.478 e. The standard InChI is InChI=1S/C22H25NO5/c1-14(2)20(28-13-17-6-4-5-16(11-17)12-24)21(25)23-15(3)18-7-9-19(10-8-18)22(26)27/h4-12,14-15,20H,13H2,1-3H3,(H,23,25)(H,26,27)/t15-,20?/m0/s1. The van der Waals surface area contributed by atoms with Crippen LogP contribution in [0.2, 0.25) is 0 Å². The number of benzene rings is 2. The summed E-state index contributed by atoms with van der Waals surface area (Å²) in [6, 6.07) is 13.2. The molecule has 148 valence electrons. The van der Waals surface area contributed by atoms with E-state index in [1.807, 2.05) is 26.8 Å². The van der Waals surface area contributed by atoms with Crippen molar-refractivity contribution in [2.75, 3.05) is 0 Å². The summed E-state index contributed by atoms with van der Waals surface area (Å²) in [5, 5.41) is 11.9. The summed E-state index contributed by atoms with van der Waals surface area (Å²) in [4.78, 5) is 34.5. The quantitative estimate of drug-likeness (QED) is 0.645. The zero-order chi connectivity index (χ0) is 20.7. The first kappa shape index (κ1) is 21.3. The number of ether oxygens (including phenoxy) is 1. The molecule has 0 fully saturated rings. The molecule has 0 aliphatic carbocycles. The summed E-state index contributed by atoms with van der Waals surface area (Å²) in [7, 11) is 0. The Bertz CT molecular complexity index is 829. The highest BCUT2D eigenvalue weighted by atomic mass is 16.5. The van der Waals surface area contributed by atoms with Crippen molar-refractivity contribution in [1.29, 1.82) is 0 Å². The molecule has 2 aromatic rings. The van der Waals surface area contributed by atoms with Crippen molar-refractivity contribution in [2.24, 2.45) is 5.92 Å². The third kappa shape index (κ3) is 5.76. The van der Waals surface area contributed by atoms with Gasteiger partial charge in [0.2, 0.25) is 5.91 Å². The number of aldehydes is 1. The van der Waals surface area contributed by atoms with Gasteiger partial charge >= 0.3 is 5.97 Å². The third-order valence-electron chi connectivity index (χ3n) is 4.40. The van der Waals surface area contributed by atoms with Gasteiger partial charge in [-0.1, -0.05) is 44.2 Å². The molecule has 0 aromatic heterocycles. The van der Waals surface area contributed by atoms with Crippen LogP contribution in [0.15, 0.2) is 48.5 Å². The highest BCUT2D eigenvalue weighted by molar-refractivity contribution is 5.87. The molecule has 2 N–H and O–H groups in total. The average Bonchev–Trinajstić information content (AvgIpc) is 2.68. The Morgan fingerprint density at radius 1 is 1.11 bits per heavy atom. The second-order valence-corrected chi connectivity index (χ2v) is 7.00. The first-order valence-corrected chi connectivity index (χ1v) is 9.11. The average molecular weight is 383 g/mol. The molecule has 28 heavy (non-hydrogen) atoms. The number of carbonyl (C=O) groups is 3. The molecule has 1 amide bonds. The maximum atomic E-state index is 12.7. The Morgan fingerprint density at radius 2 is 1.79 bits per heavy atom. The number of rotatable bonds is 9. The molecular formula is C22H25NO5. The normalized spacial score (nSPS) is 13.0. The second-order valence-electron chi connectivity index (χ2n) is 7.00. The smallest absolute Gasteiger partial charge is 0.335 e. The lowest BCUT2D eigenvalue weighted by Gasteiger charge is -2.23. The van der Waals surface area contributed by atoms with E-state index in [0.717, 1.165) is 17.4 Å². The summed E-state index contributed by atoms with van der Waals surface area (Å²) >= 11 is 0. The van der Waals surface area contributed by atoms with Crippen molar-refractivity contribution >= 4 is 18.2 Å². The topological polar surface area (TPSA) is 92.7 Å². The minimum Gasteiger partial charge on any atom is -0.478 e. The van der Waals surface area contributed by atoms with Gasteiger partial charge in [0.15, 0.2) is 0 Å². The molecule has 0 bridgehead atoms. The molecule has 0 aliphatic heterocycles. The minimum atomic E-state index is -0.991. The van der Waals surface area contributed by atoms with E-state index in [4.69, 9.17) is 9.84 Å². The van der Waals surface area contributed by atoms with Gasteiger partial charge in [0.25, 0.3) is 0 Å². The van der Waals surface area contributed by atoms with Crippen LogP contribution in [0.3, 0.4) is 0 Å².